The van der Waals surface area contributed by atoms with Crippen LogP contribution in [0.4, 0.5) is 0 Å². The van der Waals surface area contributed by atoms with Gasteiger partial charge in [0.2, 0.25) is 18.6 Å². The third-order valence-corrected chi connectivity index (χ3v) is 5.58. The van der Waals surface area contributed by atoms with Gasteiger partial charge in [-0.3, -0.25) is 9.59 Å². The minimum absolute atomic E-state index is 0.146. The van der Waals surface area contributed by atoms with Crippen molar-refractivity contribution in [2.24, 2.45) is 0 Å². The Hall–Kier alpha value is -2.44. The maximum Gasteiger partial charge on any atom is 0.242 e. The van der Waals surface area contributed by atoms with Crippen LogP contribution in [0.3, 0.4) is 0 Å². The SMILES string of the molecule is CNC(=O)[C@H](C)N(Cc1c(Cl)cccc1Cl)C(=O)CCc1ccc2c(c1)OCO2. The monoisotopic (exact) mass is 436 g/mol. The third-order valence-electron chi connectivity index (χ3n) is 4.87. The number of hydrogen-bond acceptors (Lipinski definition) is 4. The standard InChI is InChI=1S/C21H22Cl2N2O4/c1-13(21(27)24-2)25(11-15-16(22)4-3-5-17(15)23)20(26)9-7-14-6-8-18-19(10-14)29-12-28-18/h3-6,8,10,13H,7,9,11-12H2,1-2H3,(H,24,27)/t13-/m0/s1. The lowest BCUT2D eigenvalue weighted by Crippen LogP contribution is -2.46. The predicted octanol–water partition coefficient (Wildman–Crippen LogP) is 3.82. The molecule has 2 amide bonds. The first-order valence-corrected chi connectivity index (χ1v) is 9.98. The summed E-state index contributed by atoms with van der Waals surface area (Å²) in [5.74, 6) is 0.941. The van der Waals surface area contributed by atoms with Gasteiger partial charge < -0.3 is 19.7 Å². The highest BCUT2D eigenvalue weighted by Crippen LogP contribution is 2.33. The number of ether oxygens (including phenoxy) is 2. The van der Waals surface area contributed by atoms with Crippen LogP contribution in [-0.4, -0.2) is 36.6 Å². The van der Waals surface area contributed by atoms with E-state index >= 15 is 0 Å². The lowest BCUT2D eigenvalue weighted by atomic mass is 10.1. The molecule has 0 aromatic heterocycles. The number of likely N-dealkylation sites (N-methyl/N-ethyl adjacent to an activating group) is 1. The number of nitrogens with one attached hydrogen (secondary N) is 1. The van der Waals surface area contributed by atoms with Gasteiger partial charge in [-0.1, -0.05) is 35.3 Å². The maximum absolute atomic E-state index is 13.0. The summed E-state index contributed by atoms with van der Waals surface area (Å²) in [6, 6.07) is 10.1. The summed E-state index contributed by atoms with van der Waals surface area (Å²) in [5.41, 5.74) is 1.56. The Labute approximate surface area is 179 Å². The molecule has 154 valence electrons. The molecule has 0 bridgehead atoms. The van der Waals surface area contributed by atoms with E-state index in [4.69, 9.17) is 32.7 Å². The van der Waals surface area contributed by atoms with Crippen LogP contribution in [0.25, 0.3) is 0 Å². The van der Waals surface area contributed by atoms with Crippen LogP contribution in [0.2, 0.25) is 10.0 Å². The van der Waals surface area contributed by atoms with Crippen molar-refractivity contribution in [3.8, 4) is 11.5 Å². The molecule has 1 heterocycles. The number of carbonyl (C=O) groups excluding carboxylic acids is 2. The molecule has 0 spiro atoms. The van der Waals surface area contributed by atoms with E-state index in [-0.39, 0.29) is 31.6 Å². The Kier molecular flexibility index (Phi) is 6.87. The number of nitrogens with zero attached hydrogens (tertiary/aromatic N) is 1. The molecule has 0 radical (unpaired) electrons. The molecule has 6 nitrogen and oxygen atoms in total. The normalized spacial score (nSPS) is 13.1. The maximum atomic E-state index is 13.0. The second-order valence-corrected chi connectivity index (χ2v) is 7.51. The fourth-order valence-electron chi connectivity index (χ4n) is 3.14. The zero-order valence-corrected chi connectivity index (χ0v) is 17.7. The van der Waals surface area contributed by atoms with Crippen molar-refractivity contribution < 1.29 is 19.1 Å². The van der Waals surface area contributed by atoms with E-state index in [1.54, 1.807) is 25.1 Å². The molecular formula is C21H22Cl2N2O4. The molecule has 1 N–H and O–H groups in total. The first-order valence-electron chi connectivity index (χ1n) is 9.23. The van der Waals surface area contributed by atoms with E-state index < -0.39 is 6.04 Å². The Morgan fingerprint density at radius 3 is 2.52 bits per heavy atom. The molecule has 1 aliphatic heterocycles. The number of benzene rings is 2. The average Bonchev–Trinajstić information content (AvgIpc) is 3.18. The van der Waals surface area contributed by atoms with Gasteiger partial charge in [-0.05, 0) is 43.2 Å². The molecule has 0 unspecified atom stereocenters. The zero-order chi connectivity index (χ0) is 21.0. The Morgan fingerprint density at radius 2 is 1.83 bits per heavy atom. The molecular weight excluding hydrogens is 415 g/mol. The summed E-state index contributed by atoms with van der Waals surface area (Å²) in [6.45, 7) is 2.03. The van der Waals surface area contributed by atoms with Gasteiger partial charge >= 0.3 is 0 Å². The Balaban J connectivity index is 1.76. The van der Waals surface area contributed by atoms with Gasteiger partial charge in [0.25, 0.3) is 0 Å². The fraction of sp³-hybridized carbons (Fsp3) is 0.333. The second kappa shape index (κ2) is 9.37. The van der Waals surface area contributed by atoms with Gasteiger partial charge in [-0.15, -0.1) is 0 Å². The first-order chi connectivity index (χ1) is 13.9. The zero-order valence-electron chi connectivity index (χ0n) is 16.2. The van der Waals surface area contributed by atoms with Crippen molar-refractivity contribution in [1.82, 2.24) is 10.2 Å². The van der Waals surface area contributed by atoms with Crippen molar-refractivity contribution in [2.45, 2.75) is 32.4 Å². The molecule has 0 fully saturated rings. The van der Waals surface area contributed by atoms with Gasteiger partial charge in [0.15, 0.2) is 11.5 Å². The molecule has 2 aromatic rings. The molecule has 1 aliphatic rings. The minimum Gasteiger partial charge on any atom is -0.454 e. The summed E-state index contributed by atoms with van der Waals surface area (Å²) < 4.78 is 10.7. The summed E-state index contributed by atoms with van der Waals surface area (Å²) in [6.07, 6.45) is 0.728. The summed E-state index contributed by atoms with van der Waals surface area (Å²) in [4.78, 5) is 26.8. The van der Waals surface area contributed by atoms with Crippen molar-refractivity contribution in [3.05, 3.63) is 57.6 Å². The first kappa shape index (κ1) is 21.3. The van der Waals surface area contributed by atoms with Crippen LogP contribution in [0.5, 0.6) is 11.5 Å². The molecule has 0 saturated heterocycles. The van der Waals surface area contributed by atoms with Crippen molar-refractivity contribution in [1.29, 1.82) is 0 Å². The summed E-state index contributed by atoms with van der Waals surface area (Å²) in [7, 11) is 1.54. The van der Waals surface area contributed by atoms with E-state index in [9.17, 15) is 9.59 Å². The largest absolute Gasteiger partial charge is 0.454 e. The molecule has 1 atom stereocenters. The minimum atomic E-state index is -0.670. The van der Waals surface area contributed by atoms with Crippen molar-refractivity contribution in [3.63, 3.8) is 0 Å². The van der Waals surface area contributed by atoms with E-state index in [1.165, 1.54) is 11.9 Å². The molecule has 2 aromatic carbocycles. The fourth-order valence-corrected chi connectivity index (χ4v) is 3.65. The van der Waals surface area contributed by atoms with E-state index in [0.717, 1.165) is 5.56 Å². The van der Waals surface area contributed by atoms with Gasteiger partial charge in [0, 0.05) is 35.6 Å². The molecule has 0 saturated carbocycles. The van der Waals surface area contributed by atoms with Gasteiger partial charge in [0.05, 0.1) is 0 Å². The highest BCUT2D eigenvalue weighted by molar-refractivity contribution is 6.36. The van der Waals surface area contributed by atoms with Crippen LogP contribution in [-0.2, 0) is 22.6 Å². The van der Waals surface area contributed by atoms with Crippen LogP contribution >= 0.6 is 23.2 Å². The Morgan fingerprint density at radius 1 is 1.14 bits per heavy atom. The van der Waals surface area contributed by atoms with Crippen LogP contribution in [0.1, 0.15) is 24.5 Å². The Bertz CT molecular complexity index is 899. The number of amides is 2. The average molecular weight is 437 g/mol. The highest BCUT2D eigenvalue weighted by atomic mass is 35.5. The van der Waals surface area contributed by atoms with Crippen molar-refractivity contribution in [2.75, 3.05) is 13.8 Å². The van der Waals surface area contributed by atoms with Crippen LogP contribution < -0.4 is 14.8 Å². The third kappa shape index (κ3) is 4.95. The molecule has 8 heteroatoms. The smallest absolute Gasteiger partial charge is 0.242 e. The lowest BCUT2D eigenvalue weighted by molar-refractivity contribution is -0.140. The number of hydrogen-bond donors (Lipinski definition) is 1. The number of fused-ring (bicyclic) bond motifs is 1. The lowest BCUT2D eigenvalue weighted by Gasteiger charge is -2.29. The highest BCUT2D eigenvalue weighted by Gasteiger charge is 2.26. The number of halogens is 2. The van der Waals surface area contributed by atoms with Gasteiger partial charge in [0.1, 0.15) is 6.04 Å². The predicted molar refractivity (Wildman–Crippen MR) is 111 cm³/mol. The molecule has 29 heavy (non-hydrogen) atoms. The van der Waals surface area contributed by atoms with Crippen molar-refractivity contribution >= 4 is 35.0 Å². The molecule has 0 aliphatic carbocycles. The van der Waals surface area contributed by atoms with Crippen LogP contribution in [0.15, 0.2) is 36.4 Å². The number of rotatable bonds is 7. The van der Waals surface area contributed by atoms with Gasteiger partial charge in [-0.2, -0.15) is 0 Å². The van der Waals surface area contributed by atoms with Crippen LogP contribution in [0, 0.1) is 0 Å². The van der Waals surface area contributed by atoms with Gasteiger partial charge in [-0.25, -0.2) is 0 Å². The van der Waals surface area contributed by atoms with E-state index in [2.05, 4.69) is 5.32 Å². The van der Waals surface area contributed by atoms with E-state index in [0.29, 0.717) is 33.5 Å². The number of carbonyl (C=O) groups is 2. The quantitative estimate of drug-likeness (QED) is 0.716. The second-order valence-electron chi connectivity index (χ2n) is 6.70. The topological polar surface area (TPSA) is 67.9 Å². The molecule has 3 rings (SSSR count). The summed E-state index contributed by atoms with van der Waals surface area (Å²) in [5, 5.41) is 3.50. The van der Waals surface area contributed by atoms with E-state index in [1.807, 2.05) is 18.2 Å². The summed E-state index contributed by atoms with van der Waals surface area (Å²) >= 11 is 12.5. The number of aryl methyl sites for hydroxylation is 1.